The van der Waals surface area contributed by atoms with Gasteiger partial charge in [-0.2, -0.15) is 8.78 Å². The third-order valence-electron chi connectivity index (χ3n) is 2.17. The van der Waals surface area contributed by atoms with Gasteiger partial charge in [0.15, 0.2) is 6.61 Å². The number of esters is 1. The number of hydrogen-bond donors (Lipinski definition) is 1. The van der Waals surface area contributed by atoms with Crippen LogP contribution in [-0.2, 0) is 14.3 Å². The van der Waals surface area contributed by atoms with Gasteiger partial charge in [-0.15, -0.1) is 0 Å². The first-order chi connectivity index (χ1) is 10.4. The van der Waals surface area contributed by atoms with Crippen molar-refractivity contribution in [2.24, 2.45) is 0 Å². The Morgan fingerprint density at radius 2 is 1.86 bits per heavy atom. The van der Waals surface area contributed by atoms with Crippen molar-refractivity contribution in [3.8, 4) is 5.75 Å². The van der Waals surface area contributed by atoms with Gasteiger partial charge in [-0.05, 0) is 19.1 Å². The average Bonchev–Trinajstić information content (AvgIpc) is 2.45. The van der Waals surface area contributed by atoms with Gasteiger partial charge in [0.05, 0.1) is 6.61 Å². The molecule has 0 spiro atoms. The molecule has 0 aliphatic heterocycles. The van der Waals surface area contributed by atoms with E-state index in [-0.39, 0.29) is 17.9 Å². The number of halogens is 2. The van der Waals surface area contributed by atoms with Crippen LogP contribution in [0.4, 0.5) is 13.6 Å². The zero-order chi connectivity index (χ0) is 16.5. The summed E-state index contributed by atoms with van der Waals surface area (Å²) in [5.74, 6) is -2.34. The van der Waals surface area contributed by atoms with Crippen LogP contribution in [-0.4, -0.2) is 37.8 Å². The van der Waals surface area contributed by atoms with E-state index in [9.17, 15) is 23.2 Å². The third-order valence-corrected chi connectivity index (χ3v) is 2.17. The van der Waals surface area contributed by atoms with Crippen LogP contribution in [0.2, 0.25) is 0 Å². The predicted molar refractivity (Wildman–Crippen MR) is 68.5 cm³/mol. The Kier molecular flexibility index (Phi) is 6.74. The summed E-state index contributed by atoms with van der Waals surface area (Å²) in [6.45, 7) is -2.27. The highest BCUT2D eigenvalue weighted by molar-refractivity contribution is 5.96. The SMILES string of the molecule is CCOC(=O)NC(=O)COC(=O)c1ccccc1OC(F)F. The Balaban J connectivity index is 2.59. The first-order valence-corrected chi connectivity index (χ1v) is 6.11. The minimum atomic E-state index is -3.11. The monoisotopic (exact) mass is 317 g/mol. The number of nitrogens with one attached hydrogen (secondary N) is 1. The summed E-state index contributed by atoms with van der Waals surface area (Å²) in [7, 11) is 0. The van der Waals surface area contributed by atoms with E-state index in [0.29, 0.717) is 0 Å². The van der Waals surface area contributed by atoms with Gasteiger partial charge in [-0.1, -0.05) is 12.1 Å². The summed E-state index contributed by atoms with van der Waals surface area (Å²) < 4.78 is 37.6. The number of imide groups is 1. The lowest BCUT2D eigenvalue weighted by atomic mass is 10.2. The molecule has 0 radical (unpaired) electrons. The first-order valence-electron chi connectivity index (χ1n) is 6.11. The minimum Gasteiger partial charge on any atom is -0.452 e. The van der Waals surface area contributed by atoms with Gasteiger partial charge in [0.2, 0.25) is 0 Å². The summed E-state index contributed by atoms with van der Waals surface area (Å²) in [4.78, 5) is 34.0. The van der Waals surface area contributed by atoms with Crippen LogP contribution in [0.3, 0.4) is 0 Å². The maximum Gasteiger partial charge on any atom is 0.413 e. The number of benzene rings is 1. The van der Waals surface area contributed by atoms with Crippen molar-refractivity contribution in [1.82, 2.24) is 5.32 Å². The van der Waals surface area contributed by atoms with Crippen LogP contribution in [0.15, 0.2) is 24.3 Å². The fourth-order valence-corrected chi connectivity index (χ4v) is 1.36. The summed E-state index contributed by atoms with van der Waals surface area (Å²) in [6.07, 6.45) is -0.981. The van der Waals surface area contributed by atoms with Crippen molar-refractivity contribution in [3.05, 3.63) is 29.8 Å². The Bertz CT molecular complexity index is 549. The summed E-state index contributed by atoms with van der Waals surface area (Å²) in [5, 5.41) is 1.81. The van der Waals surface area contributed by atoms with E-state index >= 15 is 0 Å². The molecule has 1 rings (SSSR count). The Hall–Kier alpha value is -2.71. The lowest BCUT2D eigenvalue weighted by Gasteiger charge is -2.10. The molecule has 0 aliphatic carbocycles. The molecule has 0 saturated carbocycles. The lowest BCUT2D eigenvalue weighted by molar-refractivity contribution is -0.123. The van der Waals surface area contributed by atoms with Gasteiger partial charge in [-0.3, -0.25) is 10.1 Å². The highest BCUT2D eigenvalue weighted by Crippen LogP contribution is 2.20. The van der Waals surface area contributed by atoms with E-state index < -0.39 is 31.2 Å². The van der Waals surface area contributed by atoms with Crippen molar-refractivity contribution < 1.29 is 37.4 Å². The second-order valence-electron chi connectivity index (χ2n) is 3.72. The van der Waals surface area contributed by atoms with Crippen LogP contribution in [0.5, 0.6) is 5.75 Å². The number of carbonyl (C=O) groups is 3. The number of alkyl halides is 2. The molecule has 7 nitrogen and oxygen atoms in total. The van der Waals surface area contributed by atoms with E-state index in [1.165, 1.54) is 18.2 Å². The summed E-state index contributed by atoms with van der Waals surface area (Å²) in [5.41, 5.74) is -0.272. The maximum atomic E-state index is 12.2. The highest BCUT2D eigenvalue weighted by Gasteiger charge is 2.18. The van der Waals surface area contributed by atoms with Crippen molar-refractivity contribution >= 4 is 18.0 Å². The molecule has 1 N–H and O–H groups in total. The zero-order valence-corrected chi connectivity index (χ0v) is 11.5. The van der Waals surface area contributed by atoms with Gasteiger partial charge in [0, 0.05) is 0 Å². The predicted octanol–water partition coefficient (Wildman–Crippen LogP) is 1.72. The zero-order valence-electron chi connectivity index (χ0n) is 11.5. The van der Waals surface area contributed by atoms with Crippen LogP contribution in [0.25, 0.3) is 0 Å². The van der Waals surface area contributed by atoms with Crippen molar-refractivity contribution in [3.63, 3.8) is 0 Å². The molecule has 0 aromatic heterocycles. The van der Waals surface area contributed by atoms with Gasteiger partial charge in [0.25, 0.3) is 5.91 Å². The fraction of sp³-hybridized carbons (Fsp3) is 0.308. The normalized spacial score (nSPS) is 10.0. The first kappa shape index (κ1) is 17.3. The maximum absolute atomic E-state index is 12.2. The molecule has 0 saturated heterocycles. The summed E-state index contributed by atoms with van der Waals surface area (Å²) >= 11 is 0. The number of amides is 2. The second kappa shape index (κ2) is 8.55. The molecular formula is C13H13F2NO6. The van der Waals surface area contributed by atoms with Crippen LogP contribution in [0, 0.1) is 0 Å². The molecule has 2 amide bonds. The molecule has 0 atom stereocenters. The van der Waals surface area contributed by atoms with Crippen molar-refractivity contribution in [1.29, 1.82) is 0 Å². The largest absolute Gasteiger partial charge is 0.452 e. The Labute approximate surface area is 124 Å². The van der Waals surface area contributed by atoms with Crippen molar-refractivity contribution in [2.45, 2.75) is 13.5 Å². The molecule has 22 heavy (non-hydrogen) atoms. The lowest BCUT2D eigenvalue weighted by Crippen LogP contribution is -2.34. The number of rotatable bonds is 6. The number of carbonyl (C=O) groups excluding carboxylic acids is 3. The molecular weight excluding hydrogens is 304 g/mol. The highest BCUT2D eigenvalue weighted by atomic mass is 19.3. The molecule has 9 heteroatoms. The molecule has 1 aromatic rings. The van der Waals surface area contributed by atoms with E-state index in [1.54, 1.807) is 12.2 Å². The second-order valence-corrected chi connectivity index (χ2v) is 3.72. The molecule has 0 aliphatic rings. The van der Waals surface area contributed by atoms with Gasteiger partial charge < -0.3 is 14.2 Å². The van der Waals surface area contributed by atoms with Crippen LogP contribution >= 0.6 is 0 Å². The molecule has 0 unspecified atom stereocenters. The van der Waals surface area contributed by atoms with Crippen LogP contribution in [0.1, 0.15) is 17.3 Å². The molecule has 0 fully saturated rings. The number of ether oxygens (including phenoxy) is 3. The molecule has 0 bridgehead atoms. The third kappa shape index (κ3) is 5.73. The van der Waals surface area contributed by atoms with Crippen molar-refractivity contribution in [2.75, 3.05) is 13.2 Å². The van der Waals surface area contributed by atoms with Gasteiger partial charge in [-0.25, -0.2) is 9.59 Å². The topological polar surface area (TPSA) is 90.9 Å². The van der Waals surface area contributed by atoms with E-state index in [2.05, 4.69) is 14.2 Å². The molecule has 1 aromatic carbocycles. The average molecular weight is 317 g/mol. The standard InChI is InChI=1S/C13H13F2NO6/c1-2-20-13(19)16-10(17)7-21-11(18)8-5-3-4-6-9(8)22-12(14)15/h3-6,12H,2,7H2,1H3,(H,16,17,19). The molecule has 0 heterocycles. The van der Waals surface area contributed by atoms with E-state index in [1.807, 2.05) is 0 Å². The fourth-order valence-electron chi connectivity index (χ4n) is 1.36. The van der Waals surface area contributed by atoms with E-state index in [4.69, 9.17) is 0 Å². The number of hydrogen-bond acceptors (Lipinski definition) is 6. The number of para-hydroxylation sites is 1. The Morgan fingerprint density at radius 3 is 2.50 bits per heavy atom. The van der Waals surface area contributed by atoms with E-state index in [0.717, 1.165) is 6.07 Å². The van der Waals surface area contributed by atoms with Gasteiger partial charge in [0.1, 0.15) is 11.3 Å². The smallest absolute Gasteiger partial charge is 0.413 e. The number of alkyl carbamates (subject to hydrolysis) is 1. The van der Waals surface area contributed by atoms with Gasteiger partial charge >= 0.3 is 18.7 Å². The quantitative estimate of drug-likeness (QED) is 0.803. The molecule has 120 valence electrons. The van der Waals surface area contributed by atoms with Crippen LogP contribution < -0.4 is 10.1 Å². The summed E-state index contributed by atoms with van der Waals surface area (Å²) in [6, 6.07) is 5.15. The minimum absolute atomic E-state index is 0.0667. The Morgan fingerprint density at radius 1 is 1.18 bits per heavy atom.